The quantitative estimate of drug-likeness (QED) is 0.653. The van der Waals surface area contributed by atoms with Crippen molar-refractivity contribution < 1.29 is 13.9 Å². The summed E-state index contributed by atoms with van der Waals surface area (Å²) in [6.45, 7) is 0.945. The highest BCUT2D eigenvalue weighted by atomic mass is 19.1. The average Bonchev–Trinajstić information content (AvgIpc) is 2.28. The molecule has 1 amide bonds. The number of carbonyl (C=O) groups excluding carboxylic acids is 1. The van der Waals surface area contributed by atoms with Gasteiger partial charge in [-0.25, -0.2) is 9.18 Å². The zero-order valence-corrected chi connectivity index (χ0v) is 8.50. The van der Waals surface area contributed by atoms with Gasteiger partial charge in [0.15, 0.2) is 0 Å². The van der Waals surface area contributed by atoms with E-state index < -0.39 is 0 Å². The predicted octanol–water partition coefficient (Wildman–Crippen LogP) is 1.95. The van der Waals surface area contributed by atoms with Crippen LogP contribution < -0.4 is 0 Å². The molecular weight excluding hydrogens is 197 g/mol. The van der Waals surface area contributed by atoms with E-state index in [0.29, 0.717) is 19.5 Å². The maximum absolute atomic E-state index is 13.3. The Morgan fingerprint density at radius 3 is 3.07 bits per heavy atom. The number of hydrogen-bond donors (Lipinski definition) is 0. The van der Waals surface area contributed by atoms with Crippen LogP contribution in [0.1, 0.15) is 11.1 Å². The van der Waals surface area contributed by atoms with Gasteiger partial charge in [0.2, 0.25) is 0 Å². The fourth-order valence-electron chi connectivity index (χ4n) is 1.85. The minimum Gasteiger partial charge on any atom is -0.453 e. The van der Waals surface area contributed by atoms with Gasteiger partial charge in [-0.2, -0.15) is 0 Å². The number of amides is 1. The van der Waals surface area contributed by atoms with Crippen molar-refractivity contribution in [2.75, 3.05) is 13.7 Å². The molecule has 0 fully saturated rings. The highest BCUT2D eigenvalue weighted by molar-refractivity contribution is 5.68. The molecular formula is C11H12FNO2. The molecule has 0 bridgehead atoms. The fourth-order valence-corrected chi connectivity index (χ4v) is 1.85. The summed E-state index contributed by atoms with van der Waals surface area (Å²) in [5.41, 5.74) is 1.59. The first-order chi connectivity index (χ1) is 7.22. The van der Waals surface area contributed by atoms with Crippen LogP contribution >= 0.6 is 0 Å². The van der Waals surface area contributed by atoms with Crippen LogP contribution in [0.25, 0.3) is 0 Å². The second-order valence-corrected chi connectivity index (χ2v) is 3.52. The molecule has 1 aliphatic heterocycles. The minimum atomic E-state index is -0.357. The number of rotatable bonds is 0. The molecule has 1 heterocycles. The summed E-state index contributed by atoms with van der Waals surface area (Å²) in [6, 6.07) is 4.95. The number of methoxy groups -OCH3 is 1. The Kier molecular flexibility index (Phi) is 2.58. The average molecular weight is 209 g/mol. The van der Waals surface area contributed by atoms with E-state index in [0.717, 1.165) is 11.1 Å². The topological polar surface area (TPSA) is 29.5 Å². The molecule has 0 aromatic heterocycles. The van der Waals surface area contributed by atoms with Gasteiger partial charge in [0.05, 0.1) is 7.11 Å². The monoisotopic (exact) mass is 209 g/mol. The highest BCUT2D eigenvalue weighted by Gasteiger charge is 2.22. The number of benzene rings is 1. The van der Waals surface area contributed by atoms with Crippen molar-refractivity contribution in [3.05, 3.63) is 35.1 Å². The van der Waals surface area contributed by atoms with Gasteiger partial charge in [-0.1, -0.05) is 12.1 Å². The number of hydrogen-bond acceptors (Lipinski definition) is 2. The van der Waals surface area contributed by atoms with Crippen LogP contribution in [0, 0.1) is 5.82 Å². The third-order valence-corrected chi connectivity index (χ3v) is 2.64. The maximum Gasteiger partial charge on any atom is 0.409 e. The van der Waals surface area contributed by atoms with E-state index in [1.54, 1.807) is 11.0 Å². The van der Waals surface area contributed by atoms with Crippen molar-refractivity contribution in [3.63, 3.8) is 0 Å². The molecule has 80 valence electrons. The Morgan fingerprint density at radius 2 is 2.33 bits per heavy atom. The standard InChI is InChI=1S/C11H12FNO2/c1-15-11(14)13-6-5-9-8(7-13)3-2-4-10(9)12/h2-4H,5-7H2,1H3. The maximum atomic E-state index is 13.3. The van der Waals surface area contributed by atoms with E-state index in [1.165, 1.54) is 13.2 Å². The van der Waals surface area contributed by atoms with Crippen molar-refractivity contribution in [1.29, 1.82) is 0 Å². The van der Waals surface area contributed by atoms with Gasteiger partial charge in [-0.05, 0) is 23.6 Å². The van der Waals surface area contributed by atoms with Crippen LogP contribution in [0.15, 0.2) is 18.2 Å². The normalized spacial score (nSPS) is 14.7. The van der Waals surface area contributed by atoms with Gasteiger partial charge in [-0.15, -0.1) is 0 Å². The summed E-state index contributed by atoms with van der Waals surface area (Å²) in [4.78, 5) is 12.8. The van der Waals surface area contributed by atoms with Crippen molar-refractivity contribution in [1.82, 2.24) is 4.90 Å². The summed E-state index contributed by atoms with van der Waals surface area (Å²) in [5, 5.41) is 0. The zero-order valence-electron chi connectivity index (χ0n) is 8.50. The van der Waals surface area contributed by atoms with Crippen molar-refractivity contribution >= 4 is 6.09 Å². The third-order valence-electron chi connectivity index (χ3n) is 2.64. The lowest BCUT2D eigenvalue weighted by atomic mass is 10.00. The molecule has 0 radical (unpaired) electrons. The van der Waals surface area contributed by atoms with E-state index in [9.17, 15) is 9.18 Å². The highest BCUT2D eigenvalue weighted by Crippen LogP contribution is 2.21. The molecule has 1 aliphatic rings. The largest absolute Gasteiger partial charge is 0.453 e. The molecule has 0 saturated heterocycles. The molecule has 0 N–H and O–H groups in total. The van der Waals surface area contributed by atoms with Crippen LogP contribution in [0.4, 0.5) is 9.18 Å². The number of ether oxygens (including phenoxy) is 1. The lowest BCUT2D eigenvalue weighted by Gasteiger charge is -2.27. The van der Waals surface area contributed by atoms with Crippen LogP contribution in [0.2, 0.25) is 0 Å². The molecule has 4 heteroatoms. The molecule has 0 saturated carbocycles. The van der Waals surface area contributed by atoms with Crippen molar-refractivity contribution in [2.24, 2.45) is 0 Å². The Hall–Kier alpha value is -1.58. The first-order valence-electron chi connectivity index (χ1n) is 4.81. The zero-order chi connectivity index (χ0) is 10.8. The van der Waals surface area contributed by atoms with E-state index in [1.807, 2.05) is 6.07 Å². The minimum absolute atomic E-state index is 0.183. The summed E-state index contributed by atoms with van der Waals surface area (Å²) in [7, 11) is 1.35. The molecule has 0 spiro atoms. The van der Waals surface area contributed by atoms with Crippen molar-refractivity contribution in [2.45, 2.75) is 13.0 Å². The van der Waals surface area contributed by atoms with Gasteiger partial charge >= 0.3 is 6.09 Å². The number of carbonyl (C=O) groups is 1. The lowest BCUT2D eigenvalue weighted by molar-refractivity contribution is 0.118. The Labute approximate surface area is 87.5 Å². The molecule has 0 aliphatic carbocycles. The van der Waals surface area contributed by atoms with E-state index >= 15 is 0 Å². The summed E-state index contributed by atoms with van der Waals surface area (Å²) < 4.78 is 18.0. The molecule has 3 nitrogen and oxygen atoms in total. The molecule has 1 aromatic carbocycles. The van der Waals surface area contributed by atoms with Gasteiger partial charge in [0, 0.05) is 13.1 Å². The lowest BCUT2D eigenvalue weighted by Crippen LogP contribution is -2.36. The molecule has 0 unspecified atom stereocenters. The SMILES string of the molecule is COC(=O)N1CCc2c(F)cccc2C1. The molecule has 1 aromatic rings. The van der Waals surface area contributed by atoms with E-state index in [2.05, 4.69) is 4.74 Å². The van der Waals surface area contributed by atoms with Crippen LogP contribution in [-0.2, 0) is 17.7 Å². The summed E-state index contributed by atoms with van der Waals surface area (Å²) in [5.74, 6) is -0.183. The number of fused-ring (bicyclic) bond motifs is 1. The number of halogens is 1. The van der Waals surface area contributed by atoms with Crippen LogP contribution in [0.5, 0.6) is 0 Å². The molecule has 0 atom stereocenters. The van der Waals surface area contributed by atoms with E-state index in [-0.39, 0.29) is 11.9 Å². The van der Waals surface area contributed by atoms with E-state index in [4.69, 9.17) is 0 Å². The van der Waals surface area contributed by atoms with Crippen LogP contribution in [-0.4, -0.2) is 24.6 Å². The van der Waals surface area contributed by atoms with Crippen LogP contribution in [0.3, 0.4) is 0 Å². The molecule has 2 rings (SSSR count). The number of nitrogens with zero attached hydrogens (tertiary/aromatic N) is 1. The molecule has 15 heavy (non-hydrogen) atoms. The third kappa shape index (κ3) is 1.79. The summed E-state index contributed by atoms with van der Waals surface area (Å²) in [6.07, 6.45) is 0.196. The predicted molar refractivity (Wildman–Crippen MR) is 52.9 cm³/mol. The Bertz CT molecular complexity index is 392. The van der Waals surface area contributed by atoms with Gasteiger partial charge in [-0.3, -0.25) is 0 Å². The Balaban J connectivity index is 2.24. The smallest absolute Gasteiger partial charge is 0.409 e. The first-order valence-corrected chi connectivity index (χ1v) is 4.81. The fraction of sp³-hybridized carbons (Fsp3) is 0.364. The van der Waals surface area contributed by atoms with Gasteiger partial charge in [0.25, 0.3) is 0 Å². The second kappa shape index (κ2) is 3.88. The second-order valence-electron chi connectivity index (χ2n) is 3.52. The van der Waals surface area contributed by atoms with Gasteiger partial charge in [0.1, 0.15) is 5.82 Å². The van der Waals surface area contributed by atoms with Crippen molar-refractivity contribution in [3.8, 4) is 0 Å². The summed E-state index contributed by atoms with van der Waals surface area (Å²) >= 11 is 0. The Morgan fingerprint density at radius 1 is 1.53 bits per heavy atom. The van der Waals surface area contributed by atoms with Gasteiger partial charge < -0.3 is 9.64 Å². The first kappa shape index (κ1) is 9.96.